The standard InChI is InChI=1S/C9H11BrN2O2/c1-14-7(5-2-3-5)8-11-4-6(10)9(13)12-8/h4-5,7H,2-3H2,1H3,(H,11,12,13). The second-order valence-corrected chi connectivity index (χ2v) is 4.29. The van der Waals surface area contributed by atoms with Gasteiger partial charge in [0.2, 0.25) is 0 Å². The van der Waals surface area contributed by atoms with E-state index < -0.39 is 0 Å². The van der Waals surface area contributed by atoms with E-state index in [4.69, 9.17) is 4.74 Å². The smallest absolute Gasteiger partial charge is 0.265 e. The Morgan fingerprint density at radius 1 is 1.71 bits per heavy atom. The van der Waals surface area contributed by atoms with Crippen LogP contribution >= 0.6 is 15.9 Å². The van der Waals surface area contributed by atoms with Crippen LogP contribution in [0.1, 0.15) is 24.8 Å². The van der Waals surface area contributed by atoms with Gasteiger partial charge < -0.3 is 9.72 Å². The highest BCUT2D eigenvalue weighted by molar-refractivity contribution is 9.10. The molecule has 1 atom stereocenters. The highest BCUT2D eigenvalue weighted by Crippen LogP contribution is 2.41. The van der Waals surface area contributed by atoms with Crippen molar-refractivity contribution in [2.75, 3.05) is 7.11 Å². The molecule has 0 bridgehead atoms. The fourth-order valence-electron chi connectivity index (χ4n) is 1.46. The number of aromatic nitrogens is 2. The Balaban J connectivity index is 2.30. The van der Waals surface area contributed by atoms with E-state index in [0.717, 1.165) is 12.8 Å². The summed E-state index contributed by atoms with van der Waals surface area (Å²) < 4.78 is 5.76. The van der Waals surface area contributed by atoms with E-state index in [-0.39, 0.29) is 11.7 Å². The summed E-state index contributed by atoms with van der Waals surface area (Å²) in [5.41, 5.74) is -0.155. The van der Waals surface area contributed by atoms with Gasteiger partial charge in [-0.1, -0.05) is 0 Å². The van der Waals surface area contributed by atoms with Gasteiger partial charge in [-0.15, -0.1) is 0 Å². The number of H-pyrrole nitrogens is 1. The second-order valence-electron chi connectivity index (χ2n) is 3.44. The molecule has 1 heterocycles. The molecule has 1 aromatic rings. The number of hydrogen-bond donors (Lipinski definition) is 1. The largest absolute Gasteiger partial charge is 0.373 e. The van der Waals surface area contributed by atoms with Crippen molar-refractivity contribution >= 4 is 15.9 Å². The minimum Gasteiger partial charge on any atom is -0.373 e. The van der Waals surface area contributed by atoms with E-state index in [1.54, 1.807) is 7.11 Å². The Morgan fingerprint density at radius 2 is 2.43 bits per heavy atom. The van der Waals surface area contributed by atoms with E-state index in [9.17, 15) is 4.79 Å². The van der Waals surface area contributed by atoms with Gasteiger partial charge in [-0.2, -0.15) is 0 Å². The summed E-state index contributed by atoms with van der Waals surface area (Å²) in [5.74, 6) is 1.15. The number of hydrogen-bond acceptors (Lipinski definition) is 3. The Hall–Kier alpha value is -0.680. The lowest BCUT2D eigenvalue weighted by Gasteiger charge is -2.12. The third-order valence-corrected chi connectivity index (χ3v) is 2.91. The maximum Gasteiger partial charge on any atom is 0.265 e. The molecule has 1 aromatic heterocycles. The lowest BCUT2D eigenvalue weighted by Crippen LogP contribution is -2.16. The van der Waals surface area contributed by atoms with Crippen molar-refractivity contribution in [3.8, 4) is 0 Å². The predicted octanol–water partition coefficient (Wildman–Crippen LogP) is 1.63. The van der Waals surface area contributed by atoms with Crippen LogP contribution < -0.4 is 5.56 Å². The van der Waals surface area contributed by atoms with E-state index in [1.165, 1.54) is 6.20 Å². The molecule has 0 amide bonds. The van der Waals surface area contributed by atoms with E-state index in [1.807, 2.05) is 0 Å². The summed E-state index contributed by atoms with van der Waals surface area (Å²) in [5, 5.41) is 0. The van der Waals surface area contributed by atoms with Gasteiger partial charge in [0.25, 0.3) is 5.56 Å². The van der Waals surface area contributed by atoms with Gasteiger partial charge >= 0.3 is 0 Å². The Labute approximate surface area is 89.8 Å². The van der Waals surface area contributed by atoms with Crippen LogP contribution in [-0.4, -0.2) is 17.1 Å². The van der Waals surface area contributed by atoms with Gasteiger partial charge in [0.15, 0.2) is 0 Å². The van der Waals surface area contributed by atoms with E-state index in [0.29, 0.717) is 16.2 Å². The zero-order chi connectivity index (χ0) is 10.1. The lowest BCUT2D eigenvalue weighted by atomic mass is 10.2. The van der Waals surface area contributed by atoms with Crippen molar-refractivity contribution in [3.63, 3.8) is 0 Å². The minimum absolute atomic E-state index is 0.0594. The van der Waals surface area contributed by atoms with Gasteiger partial charge in [-0.3, -0.25) is 4.79 Å². The molecule has 1 unspecified atom stereocenters. The molecule has 0 aromatic carbocycles. The first-order valence-corrected chi connectivity index (χ1v) is 5.29. The molecule has 1 aliphatic rings. The van der Waals surface area contributed by atoms with Crippen LogP contribution in [0.5, 0.6) is 0 Å². The van der Waals surface area contributed by atoms with Crippen molar-refractivity contribution in [2.45, 2.75) is 18.9 Å². The van der Waals surface area contributed by atoms with Gasteiger partial charge in [-0.05, 0) is 34.7 Å². The molecule has 1 N–H and O–H groups in total. The maximum absolute atomic E-state index is 11.3. The third-order valence-electron chi connectivity index (χ3n) is 2.35. The molecular formula is C9H11BrN2O2. The Bertz CT molecular complexity index is 387. The van der Waals surface area contributed by atoms with Crippen LogP contribution in [0.4, 0.5) is 0 Å². The number of nitrogens with zero attached hydrogens (tertiary/aromatic N) is 1. The number of ether oxygens (including phenoxy) is 1. The number of rotatable bonds is 3. The molecule has 0 radical (unpaired) electrons. The van der Waals surface area contributed by atoms with E-state index >= 15 is 0 Å². The van der Waals surface area contributed by atoms with Crippen LogP contribution in [0.2, 0.25) is 0 Å². The summed E-state index contributed by atoms with van der Waals surface area (Å²) in [4.78, 5) is 18.2. The van der Waals surface area contributed by atoms with Crippen molar-refractivity contribution in [1.29, 1.82) is 0 Å². The topological polar surface area (TPSA) is 55.0 Å². The van der Waals surface area contributed by atoms with Crippen molar-refractivity contribution in [2.24, 2.45) is 5.92 Å². The van der Waals surface area contributed by atoms with Crippen molar-refractivity contribution < 1.29 is 4.74 Å². The fraction of sp³-hybridized carbons (Fsp3) is 0.556. The average Bonchev–Trinajstić information content (AvgIpc) is 2.96. The SMILES string of the molecule is COC(c1ncc(Br)c(=O)[nH]1)C1CC1. The van der Waals surface area contributed by atoms with Crippen LogP contribution in [-0.2, 0) is 4.74 Å². The molecule has 2 rings (SSSR count). The van der Waals surface area contributed by atoms with Gasteiger partial charge in [0.05, 0.1) is 0 Å². The molecule has 1 saturated carbocycles. The molecule has 1 fully saturated rings. The summed E-state index contributed by atoms with van der Waals surface area (Å²) in [6, 6.07) is 0. The highest BCUT2D eigenvalue weighted by atomic mass is 79.9. The van der Waals surface area contributed by atoms with Gasteiger partial charge in [0.1, 0.15) is 16.4 Å². The van der Waals surface area contributed by atoms with Crippen LogP contribution in [0.15, 0.2) is 15.5 Å². The molecule has 14 heavy (non-hydrogen) atoms. The Kier molecular flexibility index (Phi) is 2.69. The lowest BCUT2D eigenvalue weighted by molar-refractivity contribution is 0.0769. The second kappa shape index (κ2) is 3.82. The van der Waals surface area contributed by atoms with Crippen molar-refractivity contribution in [3.05, 3.63) is 26.8 Å². The average molecular weight is 259 g/mol. The monoisotopic (exact) mass is 258 g/mol. The zero-order valence-electron chi connectivity index (χ0n) is 7.79. The number of nitrogens with one attached hydrogen (secondary N) is 1. The first kappa shape index (κ1) is 9.86. The van der Waals surface area contributed by atoms with Gasteiger partial charge in [-0.25, -0.2) is 4.98 Å². The van der Waals surface area contributed by atoms with Crippen LogP contribution in [0.25, 0.3) is 0 Å². The highest BCUT2D eigenvalue weighted by Gasteiger charge is 2.34. The summed E-state index contributed by atoms with van der Waals surface area (Å²) in [6.07, 6.45) is 3.76. The molecule has 1 aliphatic carbocycles. The van der Waals surface area contributed by atoms with Gasteiger partial charge in [0, 0.05) is 13.3 Å². The summed E-state index contributed by atoms with van der Waals surface area (Å²) >= 11 is 3.11. The van der Waals surface area contributed by atoms with Crippen LogP contribution in [0, 0.1) is 5.92 Å². The van der Waals surface area contributed by atoms with E-state index in [2.05, 4.69) is 25.9 Å². The number of aromatic amines is 1. The fourth-order valence-corrected chi connectivity index (χ4v) is 1.67. The first-order valence-electron chi connectivity index (χ1n) is 4.50. The normalized spacial score (nSPS) is 18.1. The molecule has 4 nitrogen and oxygen atoms in total. The molecule has 0 spiro atoms. The third kappa shape index (κ3) is 1.88. The first-order chi connectivity index (χ1) is 6.72. The number of halogens is 1. The number of methoxy groups -OCH3 is 1. The minimum atomic E-state index is -0.155. The maximum atomic E-state index is 11.3. The predicted molar refractivity (Wildman–Crippen MR) is 55.0 cm³/mol. The van der Waals surface area contributed by atoms with Crippen molar-refractivity contribution in [1.82, 2.24) is 9.97 Å². The quantitative estimate of drug-likeness (QED) is 0.897. The molecule has 0 aliphatic heterocycles. The Morgan fingerprint density at radius 3 is 2.93 bits per heavy atom. The molecular weight excluding hydrogens is 248 g/mol. The van der Waals surface area contributed by atoms with Crippen LogP contribution in [0.3, 0.4) is 0 Å². The molecule has 5 heteroatoms. The zero-order valence-corrected chi connectivity index (χ0v) is 9.37. The molecule has 0 saturated heterocycles. The summed E-state index contributed by atoms with van der Waals surface area (Å²) in [7, 11) is 1.64. The molecule has 76 valence electrons. The summed E-state index contributed by atoms with van der Waals surface area (Å²) in [6.45, 7) is 0.